The second-order valence-corrected chi connectivity index (χ2v) is 5.94. The van der Waals surface area contributed by atoms with E-state index < -0.39 is 0 Å². The Bertz CT molecular complexity index is 956. The summed E-state index contributed by atoms with van der Waals surface area (Å²) in [6, 6.07) is 16.6. The van der Waals surface area contributed by atoms with Crippen LogP contribution in [0.2, 0.25) is 0 Å². The standard InChI is InChI=1S/C20H17N3O3/c24-19(10-9-17-13-14-3-1-2-4-18(14)26-17)22-15-5-7-16(8-6-15)23-12-11-21-20(23)25/h1-10,13H,11-12H2,(H,21,25)(H,22,24)/b10-9+. The summed E-state index contributed by atoms with van der Waals surface area (Å²) in [5.41, 5.74) is 2.25. The summed E-state index contributed by atoms with van der Waals surface area (Å²) in [6.07, 6.45) is 3.07. The molecule has 2 aromatic carbocycles. The number of benzene rings is 2. The number of carbonyl (C=O) groups excluding carboxylic acids is 2. The Morgan fingerprint density at radius 3 is 2.69 bits per heavy atom. The Balaban J connectivity index is 1.40. The summed E-state index contributed by atoms with van der Waals surface area (Å²) in [7, 11) is 0. The van der Waals surface area contributed by atoms with Crippen molar-refractivity contribution in [2.45, 2.75) is 0 Å². The first kappa shape index (κ1) is 16.0. The number of amides is 3. The van der Waals surface area contributed by atoms with Gasteiger partial charge in [-0.25, -0.2) is 4.79 Å². The molecule has 1 aliphatic heterocycles. The number of carbonyl (C=O) groups is 2. The molecule has 1 aliphatic rings. The molecule has 0 radical (unpaired) electrons. The summed E-state index contributed by atoms with van der Waals surface area (Å²) in [5.74, 6) is 0.369. The van der Waals surface area contributed by atoms with E-state index in [0.29, 0.717) is 24.5 Å². The maximum atomic E-state index is 12.1. The third kappa shape index (κ3) is 3.30. The SMILES string of the molecule is O=C(/C=C/c1cc2ccccc2o1)Nc1ccc(N2CCNC2=O)cc1. The molecular formula is C20H17N3O3. The topological polar surface area (TPSA) is 74.6 Å². The van der Waals surface area contributed by atoms with Crippen molar-refractivity contribution < 1.29 is 14.0 Å². The van der Waals surface area contributed by atoms with E-state index in [1.54, 1.807) is 23.1 Å². The van der Waals surface area contributed by atoms with Gasteiger partial charge < -0.3 is 15.1 Å². The van der Waals surface area contributed by atoms with Gasteiger partial charge in [0.25, 0.3) is 0 Å². The smallest absolute Gasteiger partial charge is 0.321 e. The fraction of sp³-hybridized carbons (Fsp3) is 0.100. The fourth-order valence-corrected chi connectivity index (χ4v) is 2.87. The van der Waals surface area contributed by atoms with E-state index in [0.717, 1.165) is 16.7 Å². The van der Waals surface area contributed by atoms with Gasteiger partial charge in [-0.05, 0) is 42.5 Å². The quantitative estimate of drug-likeness (QED) is 0.708. The lowest BCUT2D eigenvalue weighted by Crippen LogP contribution is -2.27. The van der Waals surface area contributed by atoms with Gasteiger partial charge in [0.2, 0.25) is 5.91 Å². The summed E-state index contributed by atoms with van der Waals surface area (Å²) in [6.45, 7) is 1.29. The lowest BCUT2D eigenvalue weighted by molar-refractivity contribution is -0.111. The molecule has 3 aromatic rings. The van der Waals surface area contributed by atoms with Crippen LogP contribution in [0.1, 0.15) is 5.76 Å². The van der Waals surface area contributed by atoms with E-state index in [4.69, 9.17) is 4.42 Å². The van der Waals surface area contributed by atoms with Crippen LogP contribution in [0.5, 0.6) is 0 Å². The average molecular weight is 347 g/mol. The molecule has 26 heavy (non-hydrogen) atoms. The highest BCUT2D eigenvalue weighted by Crippen LogP contribution is 2.21. The van der Waals surface area contributed by atoms with Crippen LogP contribution < -0.4 is 15.5 Å². The number of nitrogens with one attached hydrogen (secondary N) is 2. The minimum Gasteiger partial charge on any atom is -0.457 e. The molecular weight excluding hydrogens is 330 g/mol. The van der Waals surface area contributed by atoms with Crippen molar-refractivity contribution >= 4 is 40.4 Å². The molecule has 0 atom stereocenters. The maximum absolute atomic E-state index is 12.1. The van der Waals surface area contributed by atoms with Crippen molar-refractivity contribution in [1.82, 2.24) is 5.32 Å². The lowest BCUT2D eigenvalue weighted by atomic mass is 10.2. The molecule has 6 heteroatoms. The van der Waals surface area contributed by atoms with Crippen LogP contribution >= 0.6 is 0 Å². The van der Waals surface area contributed by atoms with Crippen molar-refractivity contribution in [3.8, 4) is 0 Å². The second-order valence-electron chi connectivity index (χ2n) is 5.94. The van der Waals surface area contributed by atoms with Crippen molar-refractivity contribution in [1.29, 1.82) is 0 Å². The van der Waals surface area contributed by atoms with Crippen LogP contribution in [-0.2, 0) is 4.79 Å². The molecule has 2 N–H and O–H groups in total. The van der Waals surface area contributed by atoms with Crippen LogP contribution in [0.15, 0.2) is 65.1 Å². The second kappa shape index (κ2) is 6.76. The molecule has 6 nitrogen and oxygen atoms in total. The highest BCUT2D eigenvalue weighted by molar-refractivity contribution is 6.02. The number of hydrogen-bond donors (Lipinski definition) is 2. The number of furan rings is 1. The normalized spacial score (nSPS) is 14.2. The Hall–Kier alpha value is -3.54. The number of nitrogens with zero attached hydrogens (tertiary/aromatic N) is 1. The fourth-order valence-electron chi connectivity index (χ4n) is 2.87. The van der Waals surface area contributed by atoms with Gasteiger partial charge in [0.05, 0.1) is 0 Å². The molecule has 130 valence electrons. The van der Waals surface area contributed by atoms with Gasteiger partial charge in [-0.2, -0.15) is 0 Å². The zero-order valence-corrected chi connectivity index (χ0v) is 13.9. The molecule has 1 aromatic heterocycles. The van der Waals surface area contributed by atoms with Crippen molar-refractivity contribution in [2.75, 3.05) is 23.3 Å². The molecule has 0 unspecified atom stereocenters. The zero-order valence-electron chi connectivity index (χ0n) is 13.9. The third-order valence-corrected chi connectivity index (χ3v) is 4.15. The van der Waals surface area contributed by atoms with Crippen LogP contribution in [0.25, 0.3) is 17.0 Å². The number of fused-ring (bicyclic) bond motifs is 1. The van der Waals surface area contributed by atoms with E-state index in [1.807, 2.05) is 42.5 Å². The Kier molecular flexibility index (Phi) is 4.15. The van der Waals surface area contributed by atoms with Gasteiger partial charge in [-0.1, -0.05) is 18.2 Å². The first-order chi connectivity index (χ1) is 12.7. The monoisotopic (exact) mass is 347 g/mol. The Morgan fingerprint density at radius 2 is 1.96 bits per heavy atom. The van der Waals surface area contributed by atoms with Gasteiger partial charge in [-0.3, -0.25) is 9.69 Å². The first-order valence-corrected chi connectivity index (χ1v) is 8.32. The molecule has 0 bridgehead atoms. The van der Waals surface area contributed by atoms with E-state index >= 15 is 0 Å². The highest BCUT2D eigenvalue weighted by atomic mass is 16.3. The molecule has 2 heterocycles. The van der Waals surface area contributed by atoms with Crippen molar-refractivity contribution in [3.05, 3.63) is 66.4 Å². The largest absolute Gasteiger partial charge is 0.457 e. The van der Waals surface area contributed by atoms with Gasteiger partial charge in [0.1, 0.15) is 11.3 Å². The maximum Gasteiger partial charge on any atom is 0.321 e. The first-order valence-electron chi connectivity index (χ1n) is 8.32. The summed E-state index contributed by atoms with van der Waals surface area (Å²) >= 11 is 0. The molecule has 3 amide bonds. The van der Waals surface area contributed by atoms with Gasteiger partial charge in [0, 0.05) is 35.9 Å². The van der Waals surface area contributed by atoms with Crippen molar-refractivity contribution in [3.63, 3.8) is 0 Å². The zero-order chi connectivity index (χ0) is 17.9. The summed E-state index contributed by atoms with van der Waals surface area (Å²) in [4.78, 5) is 25.4. The number of hydrogen-bond acceptors (Lipinski definition) is 3. The highest BCUT2D eigenvalue weighted by Gasteiger charge is 2.20. The number of anilines is 2. The van der Waals surface area contributed by atoms with Crippen molar-refractivity contribution in [2.24, 2.45) is 0 Å². The van der Waals surface area contributed by atoms with E-state index in [2.05, 4.69) is 10.6 Å². The van der Waals surface area contributed by atoms with Gasteiger partial charge >= 0.3 is 6.03 Å². The number of urea groups is 1. The summed E-state index contributed by atoms with van der Waals surface area (Å²) < 4.78 is 5.64. The van der Waals surface area contributed by atoms with Gasteiger partial charge in [-0.15, -0.1) is 0 Å². The van der Waals surface area contributed by atoms with E-state index in [9.17, 15) is 9.59 Å². The predicted octanol–water partition coefficient (Wildman–Crippen LogP) is 3.61. The van der Waals surface area contributed by atoms with Gasteiger partial charge in [0.15, 0.2) is 0 Å². The number of para-hydroxylation sites is 1. The third-order valence-electron chi connectivity index (χ3n) is 4.15. The minimum atomic E-state index is -0.253. The van der Waals surface area contributed by atoms with Crippen LogP contribution in [0, 0.1) is 0 Å². The lowest BCUT2D eigenvalue weighted by Gasteiger charge is -2.14. The Morgan fingerprint density at radius 1 is 1.15 bits per heavy atom. The molecule has 0 aliphatic carbocycles. The molecule has 0 spiro atoms. The van der Waals surface area contributed by atoms with Crippen LogP contribution in [-0.4, -0.2) is 25.0 Å². The van der Waals surface area contributed by atoms with E-state index in [-0.39, 0.29) is 11.9 Å². The van der Waals surface area contributed by atoms with E-state index in [1.165, 1.54) is 6.08 Å². The molecule has 1 saturated heterocycles. The van der Waals surface area contributed by atoms with Crippen LogP contribution in [0.4, 0.5) is 16.2 Å². The average Bonchev–Trinajstić information content (AvgIpc) is 3.26. The Labute approximate surface area is 150 Å². The molecule has 4 rings (SSSR count). The number of rotatable bonds is 4. The molecule has 0 saturated carbocycles. The minimum absolute atomic E-state index is 0.101. The predicted molar refractivity (Wildman–Crippen MR) is 101 cm³/mol. The summed E-state index contributed by atoms with van der Waals surface area (Å²) in [5, 5.41) is 6.54. The van der Waals surface area contributed by atoms with Crippen LogP contribution in [0.3, 0.4) is 0 Å². The molecule has 1 fully saturated rings.